The van der Waals surface area contributed by atoms with E-state index in [0.29, 0.717) is 18.9 Å². The van der Waals surface area contributed by atoms with E-state index in [-0.39, 0.29) is 11.3 Å². The van der Waals surface area contributed by atoms with Gasteiger partial charge >= 0.3 is 0 Å². The third kappa shape index (κ3) is 2.21. The highest BCUT2D eigenvalue weighted by Crippen LogP contribution is 2.24. The summed E-state index contributed by atoms with van der Waals surface area (Å²) in [5.74, 6) is 1.45. The number of amides is 1. The van der Waals surface area contributed by atoms with Gasteiger partial charge in [-0.25, -0.2) is 4.68 Å². The van der Waals surface area contributed by atoms with Crippen molar-refractivity contribution >= 4 is 23.3 Å². The number of hydrogen-bond donors (Lipinski definition) is 0. The number of anilines is 1. The highest BCUT2D eigenvalue weighted by Gasteiger charge is 2.30. The van der Waals surface area contributed by atoms with Crippen molar-refractivity contribution in [1.82, 2.24) is 9.78 Å². The summed E-state index contributed by atoms with van der Waals surface area (Å²) in [6, 6.07) is 1.87. The molecule has 4 nitrogen and oxygen atoms in total. The van der Waals surface area contributed by atoms with Crippen LogP contribution in [0.15, 0.2) is 12.3 Å². The molecule has 1 aromatic rings. The van der Waals surface area contributed by atoms with Crippen molar-refractivity contribution in [1.29, 1.82) is 0 Å². The second-order valence-corrected chi connectivity index (χ2v) is 5.19. The lowest BCUT2D eigenvalue weighted by Crippen LogP contribution is -2.28. The molecule has 1 aliphatic heterocycles. The number of carbonyl (C=O) groups is 1. The van der Waals surface area contributed by atoms with Crippen LogP contribution in [-0.2, 0) is 11.3 Å². The molecule has 2 heterocycles. The van der Waals surface area contributed by atoms with Gasteiger partial charge in [-0.1, -0.05) is 13.8 Å². The zero-order valence-corrected chi connectivity index (χ0v) is 10.3. The number of hydrogen-bond acceptors (Lipinski definition) is 2. The number of aromatic nitrogens is 2. The summed E-state index contributed by atoms with van der Waals surface area (Å²) in [6.07, 6.45) is 2.15. The first-order valence-electron chi connectivity index (χ1n) is 5.54. The zero-order chi connectivity index (χ0) is 11.7. The lowest BCUT2D eigenvalue weighted by Gasteiger charge is -2.18. The molecule has 1 atom stereocenters. The van der Waals surface area contributed by atoms with Gasteiger partial charge in [-0.3, -0.25) is 9.69 Å². The number of carbonyl (C=O) groups excluding carboxylic acids is 1. The molecule has 16 heavy (non-hydrogen) atoms. The lowest BCUT2D eigenvalue weighted by molar-refractivity contribution is -0.117. The van der Waals surface area contributed by atoms with Gasteiger partial charge in [0.15, 0.2) is 0 Å². The molecule has 0 aromatic carbocycles. The average molecular weight is 242 g/mol. The largest absolute Gasteiger partial charge is 0.295 e. The summed E-state index contributed by atoms with van der Waals surface area (Å²) in [5, 5.41) is 4.17. The first-order chi connectivity index (χ1) is 7.58. The van der Waals surface area contributed by atoms with Crippen molar-refractivity contribution in [3.63, 3.8) is 0 Å². The third-order valence-electron chi connectivity index (χ3n) is 2.59. The van der Waals surface area contributed by atoms with Crippen LogP contribution in [-0.4, -0.2) is 27.6 Å². The molecule has 88 valence electrons. The summed E-state index contributed by atoms with van der Waals surface area (Å²) in [4.78, 5) is 13.5. The minimum Gasteiger partial charge on any atom is -0.295 e. The SMILES string of the molecule is CC(C)Cn1nccc1N1CC(Cl)CC1=O. The third-order valence-corrected chi connectivity index (χ3v) is 2.88. The van der Waals surface area contributed by atoms with Crippen LogP contribution in [0.1, 0.15) is 20.3 Å². The van der Waals surface area contributed by atoms with Gasteiger partial charge in [0.1, 0.15) is 5.82 Å². The molecular weight excluding hydrogens is 226 g/mol. The highest BCUT2D eigenvalue weighted by atomic mass is 35.5. The van der Waals surface area contributed by atoms with E-state index in [2.05, 4.69) is 18.9 Å². The van der Waals surface area contributed by atoms with Crippen molar-refractivity contribution in [2.75, 3.05) is 11.4 Å². The maximum Gasteiger partial charge on any atom is 0.229 e. The van der Waals surface area contributed by atoms with Gasteiger partial charge in [0.2, 0.25) is 5.91 Å². The Hall–Kier alpha value is -1.03. The van der Waals surface area contributed by atoms with Crippen molar-refractivity contribution in [3.05, 3.63) is 12.3 Å². The fraction of sp³-hybridized carbons (Fsp3) is 0.636. The molecule has 1 aliphatic rings. The Morgan fingerprint density at radius 2 is 2.38 bits per heavy atom. The maximum absolute atomic E-state index is 11.7. The Labute approximate surface area is 100 Å². The number of nitrogens with zero attached hydrogens (tertiary/aromatic N) is 3. The molecule has 1 saturated heterocycles. The molecule has 1 amide bonds. The van der Waals surface area contributed by atoms with Gasteiger partial charge < -0.3 is 0 Å². The van der Waals surface area contributed by atoms with E-state index in [1.54, 1.807) is 11.1 Å². The summed E-state index contributed by atoms with van der Waals surface area (Å²) in [6.45, 7) is 5.66. The van der Waals surface area contributed by atoms with Gasteiger partial charge in [-0.05, 0) is 5.92 Å². The van der Waals surface area contributed by atoms with Crippen LogP contribution >= 0.6 is 11.6 Å². The summed E-state index contributed by atoms with van der Waals surface area (Å²) < 4.78 is 1.87. The molecule has 1 aromatic heterocycles. The van der Waals surface area contributed by atoms with E-state index < -0.39 is 0 Å². The van der Waals surface area contributed by atoms with Crippen molar-refractivity contribution < 1.29 is 4.79 Å². The van der Waals surface area contributed by atoms with Crippen LogP contribution < -0.4 is 4.90 Å². The quantitative estimate of drug-likeness (QED) is 0.758. The number of rotatable bonds is 3. The molecule has 1 fully saturated rings. The summed E-state index contributed by atoms with van der Waals surface area (Å²) in [5.41, 5.74) is 0. The van der Waals surface area contributed by atoms with Crippen molar-refractivity contribution in [2.24, 2.45) is 5.92 Å². The van der Waals surface area contributed by atoms with Crippen LogP contribution in [0.2, 0.25) is 0 Å². The standard InChI is InChI=1S/C11H16ClN3O/c1-8(2)6-15-10(3-4-13-15)14-7-9(12)5-11(14)16/h3-4,8-9H,5-7H2,1-2H3. The molecule has 0 radical (unpaired) electrons. The Bertz CT molecular complexity index is 388. The van der Waals surface area contributed by atoms with Crippen LogP contribution in [0.4, 0.5) is 5.82 Å². The Balaban J connectivity index is 2.20. The predicted octanol–water partition coefficient (Wildman–Crippen LogP) is 1.88. The minimum atomic E-state index is -0.0742. The molecule has 0 saturated carbocycles. The van der Waals surface area contributed by atoms with Gasteiger partial charge in [0, 0.05) is 25.6 Å². The van der Waals surface area contributed by atoms with Gasteiger partial charge in [0.05, 0.1) is 11.6 Å². The maximum atomic E-state index is 11.7. The van der Waals surface area contributed by atoms with Crippen molar-refractivity contribution in [2.45, 2.75) is 32.2 Å². The topological polar surface area (TPSA) is 38.1 Å². The molecule has 0 spiro atoms. The van der Waals surface area contributed by atoms with Crippen LogP contribution in [0.3, 0.4) is 0 Å². The first-order valence-corrected chi connectivity index (χ1v) is 5.98. The molecule has 0 N–H and O–H groups in total. The minimum absolute atomic E-state index is 0.0742. The van der Waals surface area contributed by atoms with Crippen LogP contribution in [0.5, 0.6) is 0 Å². The van der Waals surface area contributed by atoms with Gasteiger partial charge in [-0.15, -0.1) is 11.6 Å². The molecular formula is C11H16ClN3O. The van der Waals surface area contributed by atoms with Gasteiger partial charge in [-0.2, -0.15) is 5.10 Å². The lowest BCUT2D eigenvalue weighted by atomic mass is 10.2. The average Bonchev–Trinajstić information content (AvgIpc) is 2.72. The predicted molar refractivity (Wildman–Crippen MR) is 63.7 cm³/mol. The highest BCUT2D eigenvalue weighted by molar-refractivity contribution is 6.24. The van der Waals surface area contributed by atoms with Crippen LogP contribution in [0.25, 0.3) is 0 Å². The van der Waals surface area contributed by atoms with Crippen molar-refractivity contribution in [3.8, 4) is 0 Å². The number of halogens is 1. The molecule has 2 rings (SSSR count). The monoisotopic (exact) mass is 241 g/mol. The summed E-state index contributed by atoms with van der Waals surface area (Å²) >= 11 is 5.98. The van der Waals surface area contributed by atoms with E-state index in [1.807, 2.05) is 10.7 Å². The van der Waals surface area contributed by atoms with E-state index >= 15 is 0 Å². The Morgan fingerprint density at radius 1 is 1.62 bits per heavy atom. The molecule has 0 bridgehead atoms. The second-order valence-electron chi connectivity index (χ2n) is 4.57. The fourth-order valence-electron chi connectivity index (χ4n) is 1.93. The van der Waals surface area contributed by atoms with E-state index in [9.17, 15) is 4.79 Å². The normalized spacial score (nSPS) is 21.1. The number of alkyl halides is 1. The Morgan fingerprint density at radius 3 is 2.94 bits per heavy atom. The Kier molecular flexibility index (Phi) is 3.19. The van der Waals surface area contributed by atoms with E-state index in [4.69, 9.17) is 11.6 Å². The van der Waals surface area contributed by atoms with E-state index in [0.717, 1.165) is 12.4 Å². The van der Waals surface area contributed by atoms with E-state index in [1.165, 1.54) is 0 Å². The second kappa shape index (κ2) is 4.45. The van der Waals surface area contributed by atoms with Crippen LogP contribution in [0, 0.1) is 5.92 Å². The molecule has 5 heteroatoms. The molecule has 0 aliphatic carbocycles. The summed E-state index contributed by atoms with van der Waals surface area (Å²) in [7, 11) is 0. The fourth-order valence-corrected chi connectivity index (χ4v) is 2.20. The zero-order valence-electron chi connectivity index (χ0n) is 9.56. The first kappa shape index (κ1) is 11.5. The smallest absolute Gasteiger partial charge is 0.229 e. The molecule has 1 unspecified atom stereocenters. The van der Waals surface area contributed by atoms with Gasteiger partial charge in [0.25, 0.3) is 0 Å².